The summed E-state index contributed by atoms with van der Waals surface area (Å²) in [5.41, 5.74) is 0. The van der Waals surface area contributed by atoms with Crippen molar-refractivity contribution in [2.24, 2.45) is 7.05 Å². The molecule has 0 spiro atoms. The van der Waals surface area contributed by atoms with Crippen LogP contribution in [-0.2, 0) is 26.3 Å². The van der Waals surface area contributed by atoms with Gasteiger partial charge in [-0.25, -0.2) is 0 Å². The lowest BCUT2D eigenvalue weighted by Gasteiger charge is -2.09. The molecule has 0 saturated heterocycles. The summed E-state index contributed by atoms with van der Waals surface area (Å²) in [7, 11) is 1.78. The molecule has 0 aliphatic rings. The van der Waals surface area contributed by atoms with Gasteiger partial charge in [-0.15, -0.1) is 5.10 Å². The van der Waals surface area contributed by atoms with Gasteiger partial charge in [0.25, 0.3) is 0 Å². The minimum absolute atomic E-state index is 0.236. The van der Waals surface area contributed by atoms with Crippen LogP contribution in [0.25, 0.3) is 0 Å². The summed E-state index contributed by atoms with van der Waals surface area (Å²) < 4.78 is 7.19. The lowest BCUT2D eigenvalue weighted by Crippen LogP contribution is -2.04. The molecule has 0 aliphatic carbocycles. The average molecular weight is 289 g/mol. The molecule has 2 aromatic rings. The molecule has 1 heterocycles. The van der Waals surface area contributed by atoms with E-state index in [4.69, 9.17) is 40.6 Å². The van der Waals surface area contributed by atoms with Crippen LogP contribution in [0.4, 0.5) is 0 Å². The van der Waals surface area contributed by atoms with Crippen LogP contribution >= 0.6 is 23.2 Å². The van der Waals surface area contributed by atoms with Gasteiger partial charge in [-0.3, -0.25) is 0 Å². The summed E-state index contributed by atoms with van der Waals surface area (Å²) in [5, 5.41) is 9.12. The topological polar surface area (TPSA) is 39.9 Å². The molecule has 0 saturated carbocycles. The van der Waals surface area contributed by atoms with Crippen LogP contribution in [0.1, 0.15) is 5.82 Å². The second-order valence-electron chi connectivity index (χ2n) is 3.32. The molecule has 0 amide bonds. The molecule has 0 bridgehead atoms. The Morgan fingerprint density at radius 1 is 1.35 bits per heavy atom. The Hall–Kier alpha value is -1.04. The fourth-order valence-electron chi connectivity index (χ4n) is 1.20. The van der Waals surface area contributed by atoms with Gasteiger partial charge in [0.15, 0.2) is 5.82 Å². The first kappa shape index (κ1) is 12.4. The van der Waals surface area contributed by atoms with Crippen molar-refractivity contribution >= 4 is 35.8 Å². The molecule has 0 fully saturated rings. The number of benzene rings is 1. The molecule has 0 atom stereocenters. The summed E-state index contributed by atoms with van der Waals surface area (Å²) in [6.45, 7) is 0.236. The predicted octanol–water partition coefficient (Wildman–Crippen LogP) is 2.61. The third-order valence-corrected chi connectivity index (χ3v) is 3.08. The van der Waals surface area contributed by atoms with Gasteiger partial charge >= 0.3 is 0 Å². The number of rotatable bonds is 3. The van der Waals surface area contributed by atoms with Crippen LogP contribution < -0.4 is 4.74 Å². The number of hydrogen-bond donors (Lipinski definition) is 0. The van der Waals surface area contributed by atoms with Gasteiger partial charge < -0.3 is 21.9 Å². The number of aromatic nitrogens is 3. The van der Waals surface area contributed by atoms with Crippen molar-refractivity contribution in [1.29, 1.82) is 0 Å². The van der Waals surface area contributed by atoms with Crippen molar-refractivity contribution in [3.05, 3.63) is 34.1 Å². The number of hydrogen-bond acceptors (Lipinski definition) is 4. The van der Waals surface area contributed by atoms with Crippen molar-refractivity contribution in [3.63, 3.8) is 0 Å². The fraction of sp³-hybridized carbons (Fsp3) is 0.200. The standard InChI is InChI=1S/C10H9Cl2N3OS/c1-15-9(13-14-10(15)17)5-16-8-4-6(11)2-3-7(8)12/h2-4H,5H2,1H3,(H,14,17)/p-1. The van der Waals surface area contributed by atoms with Crippen LogP contribution in [0.3, 0.4) is 0 Å². The van der Waals surface area contributed by atoms with Gasteiger partial charge in [0.05, 0.1) is 5.02 Å². The van der Waals surface area contributed by atoms with Crippen molar-refractivity contribution in [2.45, 2.75) is 11.8 Å². The number of ether oxygens (including phenoxy) is 1. The minimum atomic E-state index is 0.236. The Balaban J connectivity index is 2.12. The maximum Gasteiger partial charge on any atom is 0.169 e. The summed E-state index contributed by atoms with van der Waals surface area (Å²) >= 11 is 16.7. The highest BCUT2D eigenvalue weighted by molar-refractivity contribution is 7.58. The Kier molecular flexibility index (Phi) is 3.71. The lowest BCUT2D eigenvalue weighted by atomic mass is 10.3. The summed E-state index contributed by atoms with van der Waals surface area (Å²) in [4.78, 5) is 0. The van der Waals surface area contributed by atoms with Crippen LogP contribution in [-0.4, -0.2) is 14.8 Å². The molecular weight excluding hydrogens is 281 g/mol. The van der Waals surface area contributed by atoms with Crippen molar-refractivity contribution in [1.82, 2.24) is 14.8 Å². The normalized spacial score (nSPS) is 10.5. The number of nitrogens with zero attached hydrogens (tertiary/aromatic N) is 3. The van der Waals surface area contributed by atoms with Crippen LogP contribution in [0.2, 0.25) is 10.0 Å². The quantitative estimate of drug-likeness (QED) is 0.814. The first-order valence-corrected chi connectivity index (χ1v) is 5.87. The zero-order valence-corrected chi connectivity index (χ0v) is 11.2. The van der Waals surface area contributed by atoms with Crippen LogP contribution in [0, 0.1) is 0 Å². The molecule has 0 N–H and O–H groups in total. The average Bonchev–Trinajstić information content (AvgIpc) is 2.62. The molecule has 0 radical (unpaired) electrons. The molecule has 2 rings (SSSR count). The smallest absolute Gasteiger partial charge is 0.169 e. The zero-order valence-electron chi connectivity index (χ0n) is 8.85. The fourth-order valence-corrected chi connectivity index (χ4v) is 1.68. The molecule has 90 valence electrons. The highest BCUT2D eigenvalue weighted by Gasteiger charge is 2.06. The zero-order chi connectivity index (χ0) is 12.4. The van der Waals surface area contributed by atoms with Crippen molar-refractivity contribution < 1.29 is 4.74 Å². The van der Waals surface area contributed by atoms with Gasteiger partial charge in [0.1, 0.15) is 12.4 Å². The van der Waals surface area contributed by atoms with Crippen molar-refractivity contribution in [3.8, 4) is 5.75 Å². The highest BCUT2D eigenvalue weighted by atomic mass is 35.5. The van der Waals surface area contributed by atoms with Crippen LogP contribution in [0.15, 0.2) is 23.4 Å². The van der Waals surface area contributed by atoms with E-state index in [2.05, 4.69) is 10.2 Å². The SMILES string of the molecule is Cn1c([S-])nnc1COc1cc(Cl)ccc1Cl. The van der Waals surface area contributed by atoms with E-state index in [1.54, 1.807) is 29.8 Å². The maximum atomic E-state index is 5.96. The molecular formula is C10H8Cl2N3OS-. The number of halogens is 2. The predicted molar refractivity (Wildman–Crippen MR) is 67.4 cm³/mol. The summed E-state index contributed by atoms with van der Waals surface area (Å²) in [6, 6.07) is 5.02. The second kappa shape index (κ2) is 5.08. The Labute approximate surface area is 114 Å². The van der Waals surface area contributed by atoms with Gasteiger partial charge in [0.2, 0.25) is 0 Å². The van der Waals surface area contributed by atoms with Gasteiger partial charge in [-0.05, 0) is 12.1 Å². The first-order valence-electron chi connectivity index (χ1n) is 4.71. The van der Waals surface area contributed by atoms with E-state index >= 15 is 0 Å². The first-order chi connectivity index (χ1) is 8.08. The van der Waals surface area contributed by atoms with E-state index in [1.807, 2.05) is 0 Å². The van der Waals surface area contributed by atoms with Crippen LogP contribution in [0.5, 0.6) is 5.75 Å². The van der Waals surface area contributed by atoms with E-state index in [-0.39, 0.29) is 6.61 Å². The highest BCUT2D eigenvalue weighted by Crippen LogP contribution is 2.28. The van der Waals surface area contributed by atoms with Gasteiger partial charge in [-0.2, -0.15) is 5.10 Å². The van der Waals surface area contributed by atoms with Crippen molar-refractivity contribution in [2.75, 3.05) is 0 Å². The molecule has 4 nitrogen and oxygen atoms in total. The second-order valence-corrected chi connectivity index (χ2v) is 4.53. The molecule has 17 heavy (non-hydrogen) atoms. The Morgan fingerprint density at radius 3 is 2.76 bits per heavy atom. The molecule has 7 heteroatoms. The maximum absolute atomic E-state index is 5.96. The van der Waals surface area contributed by atoms with E-state index < -0.39 is 0 Å². The molecule has 1 aromatic carbocycles. The minimum Gasteiger partial charge on any atom is -0.740 e. The molecule has 1 aromatic heterocycles. The largest absolute Gasteiger partial charge is 0.740 e. The van der Waals surface area contributed by atoms with Gasteiger partial charge in [0, 0.05) is 23.3 Å². The monoisotopic (exact) mass is 288 g/mol. The summed E-state index contributed by atoms with van der Waals surface area (Å²) in [6.07, 6.45) is 0. The van der Waals surface area contributed by atoms with E-state index in [9.17, 15) is 0 Å². The molecule has 0 unspecified atom stereocenters. The summed E-state index contributed by atoms with van der Waals surface area (Å²) in [5.74, 6) is 1.14. The van der Waals surface area contributed by atoms with E-state index in [1.165, 1.54) is 0 Å². The van der Waals surface area contributed by atoms with E-state index in [0.717, 1.165) is 0 Å². The third kappa shape index (κ3) is 2.80. The molecule has 0 aliphatic heterocycles. The Morgan fingerprint density at radius 2 is 2.12 bits per heavy atom. The van der Waals surface area contributed by atoms with Gasteiger partial charge in [-0.1, -0.05) is 23.2 Å². The third-order valence-electron chi connectivity index (χ3n) is 2.18. The van der Waals surface area contributed by atoms with E-state index in [0.29, 0.717) is 26.8 Å². The Bertz CT molecular complexity index is 544. The lowest BCUT2D eigenvalue weighted by molar-refractivity contribution is 0.290.